The van der Waals surface area contributed by atoms with Gasteiger partial charge in [-0.1, -0.05) is 11.8 Å². The Morgan fingerprint density at radius 2 is 2.28 bits per heavy atom. The smallest absolute Gasteiger partial charge is 0.230 e. The van der Waals surface area contributed by atoms with Gasteiger partial charge in [-0.15, -0.1) is 0 Å². The first-order chi connectivity index (χ1) is 8.79. The Bertz CT molecular complexity index is 410. The third kappa shape index (κ3) is 3.58. The van der Waals surface area contributed by atoms with Crippen molar-refractivity contribution in [3.05, 3.63) is 12.4 Å². The Morgan fingerprint density at radius 1 is 1.50 bits per heavy atom. The highest BCUT2D eigenvalue weighted by atomic mass is 32.2. The Labute approximate surface area is 110 Å². The predicted octanol–water partition coefficient (Wildman–Crippen LogP) is 0.151. The molecule has 98 valence electrons. The van der Waals surface area contributed by atoms with E-state index in [2.05, 4.69) is 20.2 Å². The van der Waals surface area contributed by atoms with Gasteiger partial charge in [-0.05, 0) is 0 Å². The normalized spacial score (nSPS) is 15.5. The second-order valence-electron chi connectivity index (χ2n) is 3.78. The number of carbonyl (C=O) groups excluding carboxylic acids is 1. The molecule has 6 nitrogen and oxygen atoms in total. The van der Waals surface area contributed by atoms with Gasteiger partial charge in [0.2, 0.25) is 5.91 Å². The van der Waals surface area contributed by atoms with E-state index in [9.17, 15) is 4.79 Å². The molecule has 1 aromatic rings. The number of aromatic nitrogens is 2. The van der Waals surface area contributed by atoms with E-state index in [1.165, 1.54) is 18.1 Å². The molecule has 18 heavy (non-hydrogen) atoms. The molecule has 0 aliphatic carbocycles. The van der Waals surface area contributed by atoms with E-state index >= 15 is 0 Å². The molecule has 0 radical (unpaired) electrons. The van der Waals surface area contributed by atoms with Gasteiger partial charge in [-0.2, -0.15) is 0 Å². The van der Waals surface area contributed by atoms with Gasteiger partial charge in [-0.25, -0.2) is 9.97 Å². The number of ether oxygens (including phenoxy) is 1. The van der Waals surface area contributed by atoms with Crippen LogP contribution in [-0.4, -0.2) is 55.0 Å². The van der Waals surface area contributed by atoms with Gasteiger partial charge in [0.05, 0.1) is 19.0 Å². The number of carbonyl (C=O) groups is 1. The molecule has 2 rings (SSSR count). The maximum atomic E-state index is 11.2. The van der Waals surface area contributed by atoms with Gasteiger partial charge in [0.1, 0.15) is 17.2 Å². The molecule has 1 fully saturated rings. The van der Waals surface area contributed by atoms with E-state index in [1.807, 2.05) is 6.07 Å². The number of nitrogens with zero attached hydrogens (tertiary/aromatic N) is 3. The molecule has 1 N–H and O–H groups in total. The van der Waals surface area contributed by atoms with Gasteiger partial charge >= 0.3 is 0 Å². The zero-order valence-corrected chi connectivity index (χ0v) is 11.1. The Hall–Kier alpha value is -1.34. The largest absolute Gasteiger partial charge is 0.378 e. The lowest BCUT2D eigenvalue weighted by Crippen LogP contribution is -2.36. The van der Waals surface area contributed by atoms with Crippen molar-refractivity contribution in [3.63, 3.8) is 0 Å². The fraction of sp³-hybridized carbons (Fsp3) is 0.545. The molecule has 0 saturated carbocycles. The van der Waals surface area contributed by atoms with Crippen LogP contribution < -0.4 is 10.2 Å². The molecule has 0 unspecified atom stereocenters. The zero-order chi connectivity index (χ0) is 12.8. The molecular weight excluding hydrogens is 252 g/mol. The van der Waals surface area contributed by atoms with E-state index in [0.29, 0.717) is 5.75 Å². The number of amides is 1. The van der Waals surface area contributed by atoms with Crippen molar-refractivity contribution in [3.8, 4) is 0 Å². The first-order valence-electron chi connectivity index (χ1n) is 5.77. The Morgan fingerprint density at radius 3 is 3.00 bits per heavy atom. The molecule has 7 heteroatoms. The van der Waals surface area contributed by atoms with Crippen molar-refractivity contribution in [1.82, 2.24) is 15.3 Å². The van der Waals surface area contributed by atoms with Crippen molar-refractivity contribution in [2.24, 2.45) is 0 Å². The van der Waals surface area contributed by atoms with E-state index in [0.717, 1.165) is 37.1 Å². The topological polar surface area (TPSA) is 67.4 Å². The van der Waals surface area contributed by atoms with E-state index < -0.39 is 0 Å². The second kappa shape index (κ2) is 6.55. The average Bonchev–Trinajstić information content (AvgIpc) is 2.46. The highest BCUT2D eigenvalue weighted by molar-refractivity contribution is 7.99. The molecule has 1 saturated heterocycles. The fourth-order valence-corrected chi connectivity index (χ4v) is 2.32. The highest BCUT2D eigenvalue weighted by Crippen LogP contribution is 2.20. The van der Waals surface area contributed by atoms with Crippen LogP contribution in [-0.2, 0) is 9.53 Å². The van der Waals surface area contributed by atoms with Crippen molar-refractivity contribution >= 4 is 23.5 Å². The summed E-state index contributed by atoms with van der Waals surface area (Å²) < 4.78 is 5.30. The molecule has 0 atom stereocenters. The van der Waals surface area contributed by atoms with E-state index in [1.54, 1.807) is 7.05 Å². The monoisotopic (exact) mass is 268 g/mol. The van der Waals surface area contributed by atoms with Crippen LogP contribution >= 0.6 is 11.8 Å². The number of thioether (sulfide) groups is 1. The minimum Gasteiger partial charge on any atom is -0.378 e. The minimum absolute atomic E-state index is 0.00784. The lowest BCUT2D eigenvalue weighted by molar-refractivity contribution is -0.118. The zero-order valence-electron chi connectivity index (χ0n) is 10.3. The number of nitrogens with one attached hydrogen (secondary N) is 1. The SMILES string of the molecule is CNC(=O)CSc1cc(N2CCOCC2)ncn1. The first kappa shape index (κ1) is 13.1. The predicted molar refractivity (Wildman–Crippen MR) is 69.9 cm³/mol. The summed E-state index contributed by atoms with van der Waals surface area (Å²) in [4.78, 5) is 21.7. The van der Waals surface area contributed by atoms with Crippen LogP contribution in [0.5, 0.6) is 0 Å². The van der Waals surface area contributed by atoms with Crippen molar-refractivity contribution < 1.29 is 9.53 Å². The molecular formula is C11H16N4O2S. The van der Waals surface area contributed by atoms with E-state index in [-0.39, 0.29) is 5.91 Å². The molecule has 1 aliphatic heterocycles. The maximum Gasteiger partial charge on any atom is 0.230 e. The van der Waals surface area contributed by atoms with Crippen molar-refractivity contribution in [1.29, 1.82) is 0 Å². The quantitative estimate of drug-likeness (QED) is 0.619. The summed E-state index contributed by atoms with van der Waals surface area (Å²) in [5.41, 5.74) is 0. The number of hydrogen-bond acceptors (Lipinski definition) is 6. The summed E-state index contributed by atoms with van der Waals surface area (Å²) in [6.45, 7) is 3.14. The van der Waals surface area contributed by atoms with Gasteiger partial charge < -0.3 is 15.0 Å². The van der Waals surface area contributed by atoms with Gasteiger partial charge in [0.15, 0.2) is 0 Å². The van der Waals surface area contributed by atoms with Crippen LogP contribution in [0, 0.1) is 0 Å². The highest BCUT2D eigenvalue weighted by Gasteiger charge is 2.13. The van der Waals surface area contributed by atoms with Crippen molar-refractivity contribution in [2.75, 3.05) is 44.0 Å². The lowest BCUT2D eigenvalue weighted by Gasteiger charge is -2.27. The summed E-state index contributed by atoms with van der Waals surface area (Å²) in [7, 11) is 1.63. The van der Waals surface area contributed by atoms with Crippen LogP contribution in [0.1, 0.15) is 0 Å². The minimum atomic E-state index is -0.00784. The summed E-state index contributed by atoms with van der Waals surface area (Å²) in [6, 6.07) is 1.92. The van der Waals surface area contributed by atoms with Crippen LogP contribution in [0.4, 0.5) is 5.82 Å². The third-order valence-electron chi connectivity index (χ3n) is 2.59. The molecule has 2 heterocycles. The maximum absolute atomic E-state index is 11.2. The number of morpholine rings is 1. The summed E-state index contributed by atoms with van der Waals surface area (Å²) in [5.74, 6) is 1.26. The van der Waals surface area contributed by atoms with Crippen LogP contribution in [0.25, 0.3) is 0 Å². The number of anilines is 1. The van der Waals surface area contributed by atoms with Gasteiger partial charge in [0.25, 0.3) is 0 Å². The summed E-state index contributed by atoms with van der Waals surface area (Å²) in [6.07, 6.45) is 1.54. The Kier molecular flexibility index (Phi) is 4.77. The van der Waals surface area contributed by atoms with Crippen LogP contribution in [0.2, 0.25) is 0 Å². The molecule has 0 bridgehead atoms. The standard InChI is InChI=1S/C11H16N4O2S/c1-12-10(16)7-18-11-6-9(13-8-14-11)15-2-4-17-5-3-15/h6,8H,2-5,7H2,1H3,(H,12,16). The number of rotatable bonds is 4. The van der Waals surface area contributed by atoms with E-state index in [4.69, 9.17) is 4.74 Å². The first-order valence-corrected chi connectivity index (χ1v) is 6.76. The summed E-state index contributed by atoms with van der Waals surface area (Å²) in [5, 5.41) is 3.40. The molecule has 0 spiro atoms. The van der Waals surface area contributed by atoms with Gasteiger partial charge in [0, 0.05) is 26.2 Å². The average molecular weight is 268 g/mol. The molecule has 1 aromatic heterocycles. The molecule has 1 amide bonds. The fourth-order valence-electron chi connectivity index (χ4n) is 1.59. The van der Waals surface area contributed by atoms with Crippen LogP contribution in [0.3, 0.4) is 0 Å². The number of hydrogen-bond donors (Lipinski definition) is 1. The Balaban J connectivity index is 1.98. The third-order valence-corrected chi connectivity index (χ3v) is 3.52. The van der Waals surface area contributed by atoms with Crippen LogP contribution in [0.15, 0.2) is 17.4 Å². The van der Waals surface area contributed by atoms with Gasteiger partial charge in [-0.3, -0.25) is 4.79 Å². The second-order valence-corrected chi connectivity index (χ2v) is 4.77. The summed E-state index contributed by atoms with van der Waals surface area (Å²) >= 11 is 1.41. The van der Waals surface area contributed by atoms with Crippen molar-refractivity contribution in [2.45, 2.75) is 5.03 Å². The lowest BCUT2D eigenvalue weighted by atomic mass is 10.4. The molecule has 1 aliphatic rings. The molecule has 0 aromatic carbocycles.